The first-order valence-corrected chi connectivity index (χ1v) is 8.90. The Kier molecular flexibility index (Phi) is 5.54. The Labute approximate surface area is 138 Å². The fraction of sp³-hybridized carbons (Fsp3) is 0.882. The van der Waals surface area contributed by atoms with Gasteiger partial charge >= 0.3 is 0 Å². The summed E-state index contributed by atoms with van der Waals surface area (Å²) in [6.07, 6.45) is 5.30. The van der Waals surface area contributed by atoms with Crippen LogP contribution in [0.1, 0.15) is 38.5 Å². The maximum absolute atomic E-state index is 12.6. The molecule has 2 heterocycles. The first-order chi connectivity index (χ1) is 11.2. The molecule has 0 aromatic carbocycles. The number of rotatable bonds is 4. The minimum absolute atomic E-state index is 0.120. The van der Waals surface area contributed by atoms with Crippen molar-refractivity contribution in [3.63, 3.8) is 0 Å². The van der Waals surface area contributed by atoms with Crippen molar-refractivity contribution >= 4 is 11.8 Å². The molecule has 1 saturated carbocycles. The summed E-state index contributed by atoms with van der Waals surface area (Å²) < 4.78 is 10.6. The van der Waals surface area contributed by atoms with Crippen molar-refractivity contribution < 1.29 is 19.1 Å². The SMILES string of the molecule is O=C(CC1(CC(=O)N2CCOCC2)CCCC1)N1CCOCC1. The number of carbonyl (C=O) groups excluding carboxylic acids is 2. The Hall–Kier alpha value is -1.14. The van der Waals surface area contributed by atoms with E-state index in [2.05, 4.69) is 0 Å². The summed E-state index contributed by atoms with van der Waals surface area (Å²) in [6, 6.07) is 0. The van der Waals surface area contributed by atoms with Crippen LogP contribution in [0.5, 0.6) is 0 Å². The molecule has 3 fully saturated rings. The molecule has 2 aliphatic heterocycles. The van der Waals surface area contributed by atoms with Crippen LogP contribution in [0.2, 0.25) is 0 Å². The van der Waals surface area contributed by atoms with Crippen LogP contribution in [-0.4, -0.2) is 74.2 Å². The number of amides is 2. The van der Waals surface area contributed by atoms with E-state index in [0.29, 0.717) is 65.4 Å². The number of carbonyl (C=O) groups is 2. The minimum Gasteiger partial charge on any atom is -0.378 e. The largest absolute Gasteiger partial charge is 0.378 e. The molecule has 6 heteroatoms. The summed E-state index contributed by atoms with van der Waals surface area (Å²) in [5.41, 5.74) is -0.120. The van der Waals surface area contributed by atoms with Gasteiger partial charge in [0.05, 0.1) is 26.4 Å². The molecule has 0 radical (unpaired) electrons. The topological polar surface area (TPSA) is 59.1 Å². The molecule has 0 bridgehead atoms. The van der Waals surface area contributed by atoms with Gasteiger partial charge in [-0.15, -0.1) is 0 Å². The zero-order chi connectivity index (χ0) is 16.1. The van der Waals surface area contributed by atoms with Crippen molar-refractivity contribution in [2.45, 2.75) is 38.5 Å². The standard InChI is InChI=1S/C17H28N2O4/c20-15(18-5-9-22-10-6-18)13-17(3-1-2-4-17)14-16(21)19-7-11-23-12-8-19/h1-14H2. The number of ether oxygens (including phenoxy) is 2. The van der Waals surface area contributed by atoms with E-state index >= 15 is 0 Å². The van der Waals surface area contributed by atoms with Crippen LogP contribution in [0.15, 0.2) is 0 Å². The number of hydrogen-bond donors (Lipinski definition) is 0. The Morgan fingerprint density at radius 3 is 1.52 bits per heavy atom. The van der Waals surface area contributed by atoms with Crippen LogP contribution in [-0.2, 0) is 19.1 Å². The normalized spacial score (nSPS) is 24.7. The zero-order valence-electron chi connectivity index (χ0n) is 13.9. The first-order valence-electron chi connectivity index (χ1n) is 8.90. The Morgan fingerprint density at radius 2 is 1.13 bits per heavy atom. The molecule has 130 valence electrons. The molecule has 3 aliphatic rings. The molecular weight excluding hydrogens is 296 g/mol. The van der Waals surface area contributed by atoms with Gasteiger partial charge in [0.15, 0.2) is 0 Å². The van der Waals surface area contributed by atoms with Gasteiger partial charge in [0.25, 0.3) is 0 Å². The maximum atomic E-state index is 12.6. The highest BCUT2D eigenvalue weighted by Gasteiger charge is 2.40. The molecule has 6 nitrogen and oxygen atoms in total. The average molecular weight is 324 g/mol. The van der Waals surface area contributed by atoms with Crippen LogP contribution in [0.25, 0.3) is 0 Å². The quantitative estimate of drug-likeness (QED) is 0.775. The van der Waals surface area contributed by atoms with E-state index in [1.165, 1.54) is 0 Å². The second-order valence-corrected chi connectivity index (χ2v) is 7.05. The van der Waals surface area contributed by atoms with Gasteiger partial charge in [0, 0.05) is 39.0 Å². The molecule has 0 spiro atoms. The zero-order valence-corrected chi connectivity index (χ0v) is 13.9. The van der Waals surface area contributed by atoms with Gasteiger partial charge in [-0.1, -0.05) is 12.8 Å². The third kappa shape index (κ3) is 4.23. The lowest BCUT2D eigenvalue weighted by atomic mass is 9.78. The van der Waals surface area contributed by atoms with E-state index in [0.717, 1.165) is 25.7 Å². The summed E-state index contributed by atoms with van der Waals surface area (Å²) in [4.78, 5) is 29.1. The second-order valence-electron chi connectivity index (χ2n) is 7.05. The van der Waals surface area contributed by atoms with Crippen LogP contribution in [0.4, 0.5) is 0 Å². The van der Waals surface area contributed by atoms with Crippen LogP contribution in [0, 0.1) is 5.41 Å². The van der Waals surface area contributed by atoms with Gasteiger partial charge in [0.1, 0.15) is 0 Å². The van der Waals surface area contributed by atoms with Gasteiger partial charge in [-0.05, 0) is 18.3 Å². The predicted molar refractivity (Wildman–Crippen MR) is 84.9 cm³/mol. The number of morpholine rings is 2. The van der Waals surface area contributed by atoms with E-state index in [1.54, 1.807) is 0 Å². The van der Waals surface area contributed by atoms with E-state index < -0.39 is 0 Å². The predicted octanol–water partition coefficient (Wildman–Crippen LogP) is 1.04. The van der Waals surface area contributed by atoms with E-state index in [1.807, 2.05) is 9.80 Å². The molecule has 2 amide bonds. The lowest BCUT2D eigenvalue weighted by molar-refractivity contribution is -0.141. The van der Waals surface area contributed by atoms with Gasteiger partial charge in [0.2, 0.25) is 11.8 Å². The molecule has 0 atom stereocenters. The van der Waals surface area contributed by atoms with Gasteiger partial charge in [-0.3, -0.25) is 9.59 Å². The molecule has 0 aromatic heterocycles. The van der Waals surface area contributed by atoms with Crippen molar-refractivity contribution in [2.24, 2.45) is 5.41 Å². The number of nitrogens with zero attached hydrogens (tertiary/aromatic N) is 2. The highest BCUT2D eigenvalue weighted by Crippen LogP contribution is 2.44. The fourth-order valence-electron chi connectivity index (χ4n) is 4.03. The average Bonchev–Trinajstić information content (AvgIpc) is 3.04. The van der Waals surface area contributed by atoms with Gasteiger partial charge in [-0.25, -0.2) is 0 Å². The monoisotopic (exact) mass is 324 g/mol. The van der Waals surface area contributed by atoms with E-state index in [-0.39, 0.29) is 17.2 Å². The molecule has 0 N–H and O–H groups in total. The maximum Gasteiger partial charge on any atom is 0.223 e. The van der Waals surface area contributed by atoms with Gasteiger partial charge < -0.3 is 19.3 Å². The van der Waals surface area contributed by atoms with Crippen molar-refractivity contribution in [3.8, 4) is 0 Å². The van der Waals surface area contributed by atoms with Crippen LogP contribution in [0.3, 0.4) is 0 Å². The smallest absolute Gasteiger partial charge is 0.223 e. The lowest BCUT2D eigenvalue weighted by Gasteiger charge is -2.35. The highest BCUT2D eigenvalue weighted by atomic mass is 16.5. The molecule has 23 heavy (non-hydrogen) atoms. The summed E-state index contributed by atoms with van der Waals surface area (Å²) in [5.74, 6) is 0.398. The Bertz CT molecular complexity index is 388. The third-order valence-electron chi connectivity index (χ3n) is 5.44. The molecule has 0 unspecified atom stereocenters. The Balaban J connectivity index is 1.59. The van der Waals surface area contributed by atoms with Crippen LogP contribution >= 0.6 is 0 Å². The molecule has 3 rings (SSSR count). The fourth-order valence-corrected chi connectivity index (χ4v) is 4.03. The number of hydrogen-bond acceptors (Lipinski definition) is 4. The lowest BCUT2D eigenvalue weighted by Crippen LogP contribution is -2.45. The summed E-state index contributed by atoms with van der Waals surface area (Å²) in [6.45, 7) is 5.27. The van der Waals surface area contributed by atoms with E-state index in [4.69, 9.17) is 9.47 Å². The van der Waals surface area contributed by atoms with Crippen molar-refractivity contribution in [1.29, 1.82) is 0 Å². The van der Waals surface area contributed by atoms with Crippen molar-refractivity contribution in [3.05, 3.63) is 0 Å². The molecule has 2 saturated heterocycles. The summed E-state index contributed by atoms with van der Waals surface area (Å²) in [7, 11) is 0. The van der Waals surface area contributed by atoms with Gasteiger partial charge in [-0.2, -0.15) is 0 Å². The summed E-state index contributed by atoms with van der Waals surface area (Å²) >= 11 is 0. The summed E-state index contributed by atoms with van der Waals surface area (Å²) in [5, 5.41) is 0. The molecular formula is C17H28N2O4. The first kappa shape index (κ1) is 16.7. The Morgan fingerprint density at radius 1 is 0.739 bits per heavy atom. The van der Waals surface area contributed by atoms with Crippen molar-refractivity contribution in [1.82, 2.24) is 9.80 Å². The minimum atomic E-state index is -0.120. The second kappa shape index (κ2) is 7.62. The third-order valence-corrected chi connectivity index (χ3v) is 5.44. The van der Waals surface area contributed by atoms with Crippen molar-refractivity contribution in [2.75, 3.05) is 52.6 Å². The van der Waals surface area contributed by atoms with Crippen LogP contribution < -0.4 is 0 Å². The van der Waals surface area contributed by atoms with E-state index in [9.17, 15) is 9.59 Å². The highest BCUT2D eigenvalue weighted by molar-refractivity contribution is 5.80. The molecule has 1 aliphatic carbocycles. The molecule has 0 aromatic rings.